The van der Waals surface area contributed by atoms with Crippen molar-refractivity contribution >= 4 is 0 Å². The molecule has 1 N–H and O–H groups in total. The summed E-state index contributed by atoms with van der Waals surface area (Å²) in [7, 11) is 0. The van der Waals surface area contributed by atoms with Gasteiger partial charge in [-0.05, 0) is 32.6 Å². The van der Waals surface area contributed by atoms with E-state index in [0.29, 0.717) is 11.9 Å². The van der Waals surface area contributed by atoms with Crippen LogP contribution in [0.25, 0.3) is 0 Å². The lowest BCUT2D eigenvalue weighted by Gasteiger charge is -2.07. The summed E-state index contributed by atoms with van der Waals surface area (Å²) in [4.78, 5) is 0. The first-order chi connectivity index (χ1) is 10.9. The lowest BCUT2D eigenvalue weighted by molar-refractivity contribution is -0.142. The number of aliphatic hydroxyl groups is 1. The highest BCUT2D eigenvalue weighted by Crippen LogP contribution is 2.36. The van der Waals surface area contributed by atoms with Crippen molar-refractivity contribution in [3.05, 3.63) is 29.1 Å². The second-order valence-electron chi connectivity index (χ2n) is 5.79. The van der Waals surface area contributed by atoms with E-state index in [0.717, 1.165) is 18.7 Å². The lowest BCUT2D eigenvalue weighted by atomic mass is 10.1. The molecule has 2 aromatic rings. The lowest BCUT2D eigenvalue weighted by Crippen LogP contribution is -2.12. The number of hydrogen-bond donors (Lipinski definition) is 1. The zero-order valence-electron chi connectivity index (χ0n) is 12.7. The molecule has 0 aliphatic heterocycles. The van der Waals surface area contributed by atoms with Gasteiger partial charge in [-0.25, -0.2) is 0 Å². The molecule has 0 radical (unpaired) electrons. The minimum atomic E-state index is -4.50. The topological polar surface area (TPSA) is 68.8 Å². The molecule has 9 heteroatoms. The van der Waals surface area contributed by atoms with Crippen LogP contribution in [0.2, 0.25) is 0 Å². The summed E-state index contributed by atoms with van der Waals surface area (Å²) < 4.78 is 42.5. The second kappa shape index (κ2) is 5.95. The van der Waals surface area contributed by atoms with Gasteiger partial charge in [0.05, 0.1) is 0 Å². The average molecular weight is 329 g/mol. The Morgan fingerprint density at radius 1 is 1.30 bits per heavy atom. The number of halogens is 3. The minimum absolute atomic E-state index is 0.0979. The van der Waals surface area contributed by atoms with E-state index in [2.05, 4.69) is 15.3 Å². The van der Waals surface area contributed by atoms with Crippen molar-refractivity contribution in [3.8, 4) is 0 Å². The van der Waals surface area contributed by atoms with Crippen LogP contribution in [0.1, 0.15) is 48.2 Å². The summed E-state index contributed by atoms with van der Waals surface area (Å²) in [6.45, 7) is 1.84. The van der Waals surface area contributed by atoms with E-state index in [-0.39, 0.29) is 31.6 Å². The Balaban J connectivity index is 1.87. The Hall–Kier alpha value is -1.90. The van der Waals surface area contributed by atoms with Crippen LogP contribution in [0.3, 0.4) is 0 Å². The van der Waals surface area contributed by atoms with Crippen LogP contribution in [0.5, 0.6) is 0 Å². The molecule has 0 atom stereocenters. The van der Waals surface area contributed by atoms with E-state index in [1.54, 1.807) is 0 Å². The zero-order chi connectivity index (χ0) is 16.6. The van der Waals surface area contributed by atoms with E-state index < -0.39 is 11.9 Å². The molecule has 0 aromatic carbocycles. The first-order valence-corrected chi connectivity index (χ1v) is 7.55. The Bertz CT molecular complexity index is 687. The van der Waals surface area contributed by atoms with Gasteiger partial charge in [0, 0.05) is 24.4 Å². The fourth-order valence-corrected chi connectivity index (χ4v) is 2.71. The van der Waals surface area contributed by atoms with Gasteiger partial charge >= 0.3 is 6.18 Å². The second-order valence-corrected chi connectivity index (χ2v) is 5.79. The van der Waals surface area contributed by atoms with Gasteiger partial charge in [-0.3, -0.25) is 4.68 Å². The quantitative estimate of drug-likeness (QED) is 0.881. The zero-order valence-corrected chi connectivity index (χ0v) is 12.7. The fourth-order valence-electron chi connectivity index (χ4n) is 2.71. The van der Waals surface area contributed by atoms with Gasteiger partial charge in [-0.2, -0.15) is 18.3 Å². The Morgan fingerprint density at radius 2 is 2.04 bits per heavy atom. The van der Waals surface area contributed by atoms with Gasteiger partial charge in [0.2, 0.25) is 0 Å². The van der Waals surface area contributed by atoms with Crippen molar-refractivity contribution in [2.24, 2.45) is 0 Å². The Labute approximate surface area is 130 Å². The number of hydrogen-bond acceptors (Lipinski definition) is 4. The number of aromatic nitrogens is 5. The van der Waals surface area contributed by atoms with Gasteiger partial charge in [0.25, 0.3) is 0 Å². The molecular formula is C14H18F3N5O. The number of rotatable bonds is 6. The molecule has 0 unspecified atom stereocenters. The van der Waals surface area contributed by atoms with E-state index in [4.69, 9.17) is 5.11 Å². The third kappa shape index (κ3) is 3.39. The number of nitrogens with zero attached hydrogens (tertiary/aromatic N) is 5. The van der Waals surface area contributed by atoms with Crippen molar-refractivity contribution in [2.45, 2.75) is 51.4 Å². The maximum Gasteiger partial charge on any atom is 0.435 e. The van der Waals surface area contributed by atoms with E-state index in [1.165, 1.54) is 10.9 Å². The van der Waals surface area contributed by atoms with Crippen molar-refractivity contribution < 1.29 is 18.3 Å². The molecule has 126 valence electrons. The van der Waals surface area contributed by atoms with Gasteiger partial charge in [0.15, 0.2) is 11.5 Å². The van der Waals surface area contributed by atoms with Crippen LogP contribution in [-0.2, 0) is 19.1 Å². The number of alkyl halides is 3. The standard InChI is InChI=1S/C14H18F3N5O/c1-9-18-19-12(22(9)11-4-5-11)8-21-7-10(3-2-6-23)13(20-21)14(15,16)17/h7,11,23H,2-6,8H2,1H3. The predicted octanol–water partition coefficient (Wildman–Crippen LogP) is 2.11. The molecule has 2 heterocycles. The maximum absolute atomic E-state index is 13.1. The molecule has 0 bridgehead atoms. The van der Waals surface area contributed by atoms with Crippen LogP contribution in [-0.4, -0.2) is 36.3 Å². The molecular weight excluding hydrogens is 311 g/mol. The summed E-state index contributed by atoms with van der Waals surface area (Å²) in [6, 6.07) is 0.353. The van der Waals surface area contributed by atoms with Crippen LogP contribution in [0.4, 0.5) is 13.2 Å². The molecule has 1 fully saturated rings. The van der Waals surface area contributed by atoms with Crippen LogP contribution < -0.4 is 0 Å². The van der Waals surface area contributed by atoms with Gasteiger partial charge in [0.1, 0.15) is 12.4 Å². The first kappa shape index (κ1) is 16.0. The molecule has 6 nitrogen and oxygen atoms in total. The highest BCUT2D eigenvalue weighted by Gasteiger charge is 2.37. The van der Waals surface area contributed by atoms with Gasteiger partial charge in [-0.1, -0.05) is 0 Å². The summed E-state index contributed by atoms with van der Waals surface area (Å²) in [5.74, 6) is 1.39. The largest absolute Gasteiger partial charge is 0.435 e. The van der Waals surface area contributed by atoms with Crippen LogP contribution in [0.15, 0.2) is 6.20 Å². The normalized spacial score (nSPS) is 15.3. The van der Waals surface area contributed by atoms with Crippen molar-refractivity contribution in [2.75, 3.05) is 6.61 Å². The molecule has 3 rings (SSSR count). The molecule has 0 amide bonds. The molecule has 0 spiro atoms. The number of aliphatic hydroxyl groups excluding tert-OH is 1. The summed E-state index contributed by atoms with van der Waals surface area (Å²) in [5, 5.41) is 20.6. The maximum atomic E-state index is 13.1. The Morgan fingerprint density at radius 3 is 2.65 bits per heavy atom. The van der Waals surface area contributed by atoms with Gasteiger partial charge in [-0.15, -0.1) is 10.2 Å². The highest BCUT2D eigenvalue weighted by molar-refractivity contribution is 5.20. The molecule has 0 saturated heterocycles. The fraction of sp³-hybridized carbons (Fsp3) is 0.643. The summed E-state index contributed by atoms with van der Waals surface area (Å²) in [5.41, 5.74) is -0.791. The third-order valence-electron chi connectivity index (χ3n) is 3.86. The summed E-state index contributed by atoms with van der Waals surface area (Å²) >= 11 is 0. The van der Waals surface area contributed by atoms with Crippen molar-refractivity contribution in [1.29, 1.82) is 0 Å². The van der Waals surface area contributed by atoms with Gasteiger partial charge < -0.3 is 9.67 Å². The van der Waals surface area contributed by atoms with E-state index in [1.807, 2.05) is 11.5 Å². The molecule has 23 heavy (non-hydrogen) atoms. The number of aryl methyl sites for hydroxylation is 2. The third-order valence-corrected chi connectivity index (χ3v) is 3.86. The van der Waals surface area contributed by atoms with Crippen LogP contribution >= 0.6 is 0 Å². The van der Waals surface area contributed by atoms with E-state index >= 15 is 0 Å². The smallest absolute Gasteiger partial charge is 0.396 e. The van der Waals surface area contributed by atoms with Crippen LogP contribution in [0, 0.1) is 6.92 Å². The van der Waals surface area contributed by atoms with Crippen molar-refractivity contribution in [3.63, 3.8) is 0 Å². The monoisotopic (exact) mass is 329 g/mol. The molecule has 1 aliphatic rings. The SMILES string of the molecule is Cc1nnc(Cn2cc(CCCO)c(C(F)(F)F)n2)n1C1CC1. The van der Waals surface area contributed by atoms with Crippen molar-refractivity contribution in [1.82, 2.24) is 24.5 Å². The highest BCUT2D eigenvalue weighted by atomic mass is 19.4. The molecule has 1 saturated carbocycles. The first-order valence-electron chi connectivity index (χ1n) is 7.55. The Kier molecular flexibility index (Phi) is 4.13. The molecule has 2 aromatic heterocycles. The molecule has 1 aliphatic carbocycles. The summed E-state index contributed by atoms with van der Waals surface area (Å²) in [6.07, 6.45) is -0.622. The average Bonchev–Trinajstić information content (AvgIpc) is 3.11. The minimum Gasteiger partial charge on any atom is -0.396 e. The predicted molar refractivity (Wildman–Crippen MR) is 74.8 cm³/mol. The van der Waals surface area contributed by atoms with E-state index in [9.17, 15) is 13.2 Å².